The summed E-state index contributed by atoms with van der Waals surface area (Å²) in [5.74, 6) is -5.23. The summed E-state index contributed by atoms with van der Waals surface area (Å²) in [5, 5.41) is 7.64. The molecule has 0 aliphatic carbocycles. The van der Waals surface area contributed by atoms with Gasteiger partial charge in [0.05, 0.1) is 0 Å². The van der Waals surface area contributed by atoms with Crippen molar-refractivity contribution < 1.29 is 49.0 Å². The molecule has 11 heteroatoms. The van der Waals surface area contributed by atoms with Crippen molar-refractivity contribution in [3.8, 4) is 0 Å². The number of carboxylic acid groups (broad SMARTS) is 1. The number of carbonyl (C=O) groups is 2. The predicted octanol–water partition coefficient (Wildman–Crippen LogP) is -2.43. The van der Waals surface area contributed by atoms with Crippen LogP contribution in [0.3, 0.4) is 0 Å². The molecule has 0 unspecified atom stereocenters. The summed E-state index contributed by atoms with van der Waals surface area (Å²) < 4.78 is 50.5. The van der Waals surface area contributed by atoms with E-state index in [2.05, 4.69) is 3.24 Å². The van der Waals surface area contributed by atoms with Crippen molar-refractivity contribution in [1.82, 2.24) is 0 Å². The molecule has 0 saturated carbocycles. The predicted molar refractivity (Wildman–Crippen MR) is 25.7 cm³/mol. The molecule has 0 saturated heterocycles. The second-order valence-electron chi connectivity index (χ2n) is 1.80. The van der Waals surface area contributed by atoms with E-state index in [9.17, 15) is 25.8 Å². The summed E-state index contributed by atoms with van der Waals surface area (Å²) >= 11 is -10.1. The van der Waals surface area contributed by atoms with Crippen LogP contribution in [0.1, 0.15) is 0 Å². The fraction of sp³-hybridized carbons (Fsp3) is 0. The van der Waals surface area contributed by atoms with Crippen LogP contribution in [-0.2, 0) is 43.9 Å². The van der Waals surface area contributed by atoms with Crippen molar-refractivity contribution in [2.24, 2.45) is 0 Å². The number of rotatable bonds is 1. The van der Waals surface area contributed by atoms with Crippen LogP contribution in [0.15, 0.2) is 0 Å². The molecule has 9 nitrogen and oxygen atoms in total. The Hall–Kier alpha value is -0.0600. The number of aliphatic carboxylic acids is 1. The number of hydrogen-bond donors (Lipinski definition) is 1. The Bertz CT molecular complexity index is 580. The van der Waals surface area contributed by atoms with Crippen molar-refractivity contribution in [1.29, 1.82) is 0 Å². The van der Waals surface area contributed by atoms with E-state index < -0.39 is 26.7 Å². The molecule has 0 aromatic carbocycles. The second-order valence-corrected chi connectivity index (χ2v) is 10.5. The van der Waals surface area contributed by atoms with Gasteiger partial charge in [0.1, 0.15) is 0 Å². The Morgan fingerprint density at radius 2 is 1.31 bits per heavy atom. The van der Waals surface area contributed by atoms with E-state index in [-0.39, 0.29) is 37.7 Å². The number of carboxylic acids is 1. The van der Waals surface area contributed by atoms with Gasteiger partial charge in [-0.25, -0.2) is 0 Å². The number of hydrogen-bond acceptors (Lipinski definition) is 8. The average Bonchev–Trinajstić information content (AvgIpc) is 1.55. The first-order chi connectivity index (χ1) is 4.80. The van der Waals surface area contributed by atoms with E-state index >= 15 is 0 Å². The van der Waals surface area contributed by atoms with Crippen LogP contribution < -0.4 is 0 Å². The third-order valence-corrected chi connectivity index (χ3v) is 2.38. The van der Waals surface area contributed by atoms with Gasteiger partial charge in [0.25, 0.3) is 0 Å². The average molecular weight is 392 g/mol. The van der Waals surface area contributed by atoms with Crippen LogP contribution in [0.5, 0.6) is 0 Å². The second kappa shape index (κ2) is 2.97. The number of carbonyl (C=O) groups excluding carboxylic acids is 1. The van der Waals surface area contributed by atoms with Crippen LogP contribution in [0.25, 0.3) is 0 Å². The quantitative estimate of drug-likeness (QED) is 0.380. The van der Waals surface area contributed by atoms with Gasteiger partial charge in [-0.3, -0.25) is 0 Å². The molecule has 0 aliphatic rings. The standard InChI is InChI=1S/C2H2O4.Ca.5O.Ta.2H/c3-1(4)2(5)6;;;;;;;;;/h(H,3,4)(H,5,6);;;;;;;;;/q;;;;;;;+1;;/p-1. The van der Waals surface area contributed by atoms with Gasteiger partial charge in [0.2, 0.25) is 0 Å². The molecule has 0 bridgehead atoms. The Balaban J connectivity index is 0. The first-order valence-corrected chi connectivity index (χ1v) is 10.1. The normalized spacial score (nSPS) is 10.2. The van der Waals surface area contributed by atoms with Gasteiger partial charge < -0.3 is 0 Å². The van der Waals surface area contributed by atoms with E-state index in [1.54, 1.807) is 0 Å². The first-order valence-electron chi connectivity index (χ1n) is 2.18. The molecule has 13 heavy (non-hydrogen) atoms. The zero-order valence-electron chi connectivity index (χ0n) is 5.16. The summed E-state index contributed by atoms with van der Waals surface area (Å²) in [6.45, 7) is 0. The molecule has 0 aromatic rings. The fourth-order valence-electron chi connectivity index (χ4n) is 0.208. The van der Waals surface area contributed by atoms with Crippen molar-refractivity contribution in [3.05, 3.63) is 0 Å². The van der Waals surface area contributed by atoms with Gasteiger partial charge in [-0.2, -0.15) is 0 Å². The summed E-state index contributed by atoms with van der Waals surface area (Å²) in [4.78, 5) is 19.3. The maximum atomic E-state index is 9.80. The molecular weight excluding hydrogens is 389 g/mol. The summed E-state index contributed by atoms with van der Waals surface area (Å²) in [6, 6.07) is 0. The van der Waals surface area contributed by atoms with Crippen molar-refractivity contribution in [2.45, 2.75) is 0 Å². The van der Waals surface area contributed by atoms with Gasteiger partial charge in [0, 0.05) is 0 Å². The topological polar surface area (TPSA) is 149 Å². The molecule has 0 atom stereocenters. The Labute approximate surface area is 97.6 Å². The third kappa shape index (κ3) is 9.86. The summed E-state index contributed by atoms with van der Waals surface area (Å²) in [7, 11) is 0. The van der Waals surface area contributed by atoms with Crippen LogP contribution >= 0.6 is 0 Å². The molecule has 0 radical (unpaired) electrons. The molecule has 0 spiro atoms. The van der Waals surface area contributed by atoms with Crippen LogP contribution in [0.2, 0.25) is 0 Å². The van der Waals surface area contributed by atoms with E-state index in [4.69, 9.17) is 5.11 Å². The van der Waals surface area contributed by atoms with E-state index in [1.807, 2.05) is 0 Å². The zero-order chi connectivity index (χ0) is 10.3. The van der Waals surface area contributed by atoms with Gasteiger partial charge >= 0.3 is 98.6 Å². The molecular formula is C2H3CaO9Ta. The molecule has 0 aliphatic heterocycles. The molecule has 0 aromatic heterocycles. The molecule has 1 N–H and O–H groups in total. The zero-order valence-corrected chi connectivity index (χ0v) is 8.37. The summed E-state index contributed by atoms with van der Waals surface area (Å²) in [6.07, 6.45) is 0. The van der Waals surface area contributed by atoms with Crippen molar-refractivity contribution in [2.75, 3.05) is 0 Å². The minimum absolute atomic E-state index is 0. The summed E-state index contributed by atoms with van der Waals surface area (Å²) in [5.41, 5.74) is 0. The van der Waals surface area contributed by atoms with Gasteiger partial charge in [-0.1, -0.05) is 0 Å². The Morgan fingerprint density at radius 1 is 1.00 bits per heavy atom. The van der Waals surface area contributed by atoms with Crippen LogP contribution in [0, 0.1) is 0 Å². The first kappa shape index (κ1) is 15.4. The fourth-order valence-corrected chi connectivity index (χ4v) is 1.70. The molecule has 0 heterocycles. The van der Waals surface area contributed by atoms with Crippen LogP contribution in [0.4, 0.5) is 0 Å². The van der Waals surface area contributed by atoms with E-state index in [0.717, 1.165) is 0 Å². The SMILES string of the molecule is O=C(O)C(=O)[O][Ta](=[O])(=[O])(=[O])(=[O])=[O].[CaH2]. The van der Waals surface area contributed by atoms with Gasteiger partial charge in [0.15, 0.2) is 0 Å². The molecule has 72 valence electrons. The van der Waals surface area contributed by atoms with E-state index in [1.165, 1.54) is 0 Å². The third-order valence-electron chi connectivity index (χ3n) is 0.444. The molecule has 0 rings (SSSR count). The maximum absolute atomic E-state index is 10.1. The molecule has 0 fully saturated rings. The Morgan fingerprint density at radius 3 is 1.38 bits per heavy atom. The van der Waals surface area contributed by atoms with Crippen molar-refractivity contribution in [3.63, 3.8) is 0 Å². The molecule has 0 amide bonds. The minimum atomic E-state index is -10.1. The van der Waals surface area contributed by atoms with Gasteiger partial charge in [-0.05, 0) is 0 Å². The monoisotopic (exact) mass is 392 g/mol. The van der Waals surface area contributed by atoms with E-state index in [0.29, 0.717) is 0 Å². The van der Waals surface area contributed by atoms with Crippen molar-refractivity contribution >= 4 is 49.7 Å². The van der Waals surface area contributed by atoms with Crippen LogP contribution in [-0.4, -0.2) is 54.8 Å². The van der Waals surface area contributed by atoms with Gasteiger partial charge in [-0.15, -0.1) is 0 Å². The Kier molecular flexibility index (Phi) is 3.52.